The minimum absolute atomic E-state index is 0.0417. The zero-order valence-corrected chi connectivity index (χ0v) is 7.12. The third-order valence-corrected chi connectivity index (χ3v) is 2.39. The van der Waals surface area contributed by atoms with Crippen LogP contribution in [-0.4, -0.2) is 37.1 Å². The van der Waals surface area contributed by atoms with Gasteiger partial charge in [0.25, 0.3) is 6.47 Å². The van der Waals surface area contributed by atoms with Gasteiger partial charge in [0.2, 0.25) is 0 Å². The lowest BCUT2D eigenvalue weighted by molar-refractivity contribution is -0.135. The highest BCUT2D eigenvalue weighted by molar-refractivity contribution is 5.37. The number of ether oxygens (including phenoxy) is 1. The molecule has 0 spiro atoms. The zero-order chi connectivity index (χ0) is 8.27. The van der Waals surface area contributed by atoms with Crippen molar-refractivity contribution in [1.29, 1.82) is 0 Å². The number of hydrogen-bond acceptors (Lipinski definition) is 3. The monoisotopic (exact) mass is 157 g/mol. The average molecular weight is 157 g/mol. The summed E-state index contributed by atoms with van der Waals surface area (Å²) >= 11 is 0. The van der Waals surface area contributed by atoms with Crippen molar-refractivity contribution >= 4 is 6.47 Å². The van der Waals surface area contributed by atoms with Crippen molar-refractivity contribution in [3.05, 3.63) is 0 Å². The molecule has 0 radical (unpaired) electrons. The molecule has 1 rings (SSSR count). The Morgan fingerprint density at radius 2 is 2.45 bits per heavy atom. The van der Waals surface area contributed by atoms with Gasteiger partial charge in [-0.1, -0.05) is 0 Å². The van der Waals surface area contributed by atoms with Crippen molar-refractivity contribution in [1.82, 2.24) is 4.90 Å². The van der Waals surface area contributed by atoms with E-state index in [0.717, 1.165) is 13.0 Å². The molecule has 3 nitrogen and oxygen atoms in total. The highest BCUT2D eigenvalue weighted by atomic mass is 16.5. The fourth-order valence-corrected chi connectivity index (χ4v) is 1.71. The number of rotatable bonds is 3. The SMILES string of the molecule is CC(OC=O)C1CCCN1C. The second kappa shape index (κ2) is 3.72. The van der Waals surface area contributed by atoms with Crippen LogP contribution in [0.5, 0.6) is 0 Å². The van der Waals surface area contributed by atoms with Gasteiger partial charge in [-0.3, -0.25) is 9.69 Å². The van der Waals surface area contributed by atoms with Gasteiger partial charge in [0.1, 0.15) is 6.10 Å². The fraction of sp³-hybridized carbons (Fsp3) is 0.875. The largest absolute Gasteiger partial charge is 0.463 e. The van der Waals surface area contributed by atoms with E-state index >= 15 is 0 Å². The van der Waals surface area contributed by atoms with Crippen LogP contribution < -0.4 is 0 Å². The predicted octanol–water partition coefficient (Wildman–Crippen LogP) is 0.642. The molecular weight excluding hydrogens is 142 g/mol. The summed E-state index contributed by atoms with van der Waals surface area (Å²) in [5.41, 5.74) is 0. The van der Waals surface area contributed by atoms with E-state index < -0.39 is 0 Å². The molecule has 0 aromatic carbocycles. The molecule has 1 heterocycles. The molecule has 0 aromatic rings. The second-order valence-corrected chi connectivity index (χ2v) is 3.13. The van der Waals surface area contributed by atoms with Gasteiger partial charge in [0.15, 0.2) is 0 Å². The van der Waals surface area contributed by atoms with Crippen LogP contribution >= 0.6 is 0 Å². The van der Waals surface area contributed by atoms with Crippen molar-refractivity contribution in [2.75, 3.05) is 13.6 Å². The van der Waals surface area contributed by atoms with Crippen LogP contribution in [0, 0.1) is 0 Å². The summed E-state index contributed by atoms with van der Waals surface area (Å²) in [5.74, 6) is 0. The Balaban J connectivity index is 2.38. The molecule has 0 bridgehead atoms. The number of carbonyl (C=O) groups is 1. The zero-order valence-electron chi connectivity index (χ0n) is 7.12. The maximum Gasteiger partial charge on any atom is 0.293 e. The molecule has 64 valence electrons. The summed E-state index contributed by atoms with van der Waals surface area (Å²) in [5, 5.41) is 0. The molecule has 0 saturated carbocycles. The molecule has 0 aliphatic carbocycles. The van der Waals surface area contributed by atoms with E-state index in [1.807, 2.05) is 6.92 Å². The second-order valence-electron chi connectivity index (χ2n) is 3.13. The van der Waals surface area contributed by atoms with Gasteiger partial charge in [-0.2, -0.15) is 0 Å². The van der Waals surface area contributed by atoms with Crippen LogP contribution in [0.2, 0.25) is 0 Å². The van der Waals surface area contributed by atoms with Gasteiger partial charge in [-0.15, -0.1) is 0 Å². The third kappa shape index (κ3) is 1.93. The lowest BCUT2D eigenvalue weighted by Gasteiger charge is -2.24. The predicted molar refractivity (Wildman–Crippen MR) is 42.3 cm³/mol. The van der Waals surface area contributed by atoms with E-state index in [9.17, 15) is 4.79 Å². The summed E-state index contributed by atoms with van der Waals surface area (Å²) in [4.78, 5) is 12.3. The van der Waals surface area contributed by atoms with Crippen LogP contribution in [0.3, 0.4) is 0 Å². The Morgan fingerprint density at radius 1 is 1.73 bits per heavy atom. The van der Waals surface area contributed by atoms with E-state index in [2.05, 4.69) is 11.9 Å². The smallest absolute Gasteiger partial charge is 0.293 e. The number of likely N-dealkylation sites (tertiary alicyclic amines) is 1. The maximum absolute atomic E-state index is 10.0. The highest BCUT2D eigenvalue weighted by Gasteiger charge is 2.26. The molecule has 0 amide bonds. The topological polar surface area (TPSA) is 29.5 Å². The molecule has 1 aliphatic rings. The number of nitrogens with zero attached hydrogens (tertiary/aromatic N) is 1. The normalized spacial score (nSPS) is 28.4. The maximum atomic E-state index is 10.0. The molecule has 2 unspecified atom stereocenters. The van der Waals surface area contributed by atoms with Crippen LogP contribution in [0.15, 0.2) is 0 Å². The first-order chi connectivity index (χ1) is 5.25. The molecule has 11 heavy (non-hydrogen) atoms. The molecule has 3 heteroatoms. The molecule has 2 atom stereocenters. The average Bonchev–Trinajstić information content (AvgIpc) is 2.36. The molecule has 1 saturated heterocycles. The van der Waals surface area contributed by atoms with Crippen molar-refractivity contribution in [3.63, 3.8) is 0 Å². The number of hydrogen-bond donors (Lipinski definition) is 0. The van der Waals surface area contributed by atoms with Gasteiger partial charge in [0, 0.05) is 6.04 Å². The van der Waals surface area contributed by atoms with Gasteiger partial charge in [-0.25, -0.2) is 0 Å². The van der Waals surface area contributed by atoms with Gasteiger partial charge >= 0.3 is 0 Å². The first-order valence-electron chi connectivity index (χ1n) is 4.05. The standard InChI is InChI=1S/C8H15NO2/c1-7(11-6-10)8-4-3-5-9(8)2/h6-8H,3-5H2,1-2H3. The van der Waals surface area contributed by atoms with E-state index in [1.54, 1.807) is 0 Å². The molecule has 1 aliphatic heterocycles. The van der Waals surface area contributed by atoms with Crippen molar-refractivity contribution < 1.29 is 9.53 Å². The number of likely N-dealkylation sites (N-methyl/N-ethyl adjacent to an activating group) is 1. The van der Waals surface area contributed by atoms with Gasteiger partial charge in [0.05, 0.1) is 0 Å². The molecular formula is C8H15NO2. The summed E-state index contributed by atoms with van der Waals surface area (Å²) in [6.07, 6.45) is 2.40. The Hall–Kier alpha value is -0.570. The third-order valence-electron chi connectivity index (χ3n) is 2.39. The van der Waals surface area contributed by atoms with Crippen LogP contribution in [0.25, 0.3) is 0 Å². The lowest BCUT2D eigenvalue weighted by Crippen LogP contribution is -2.35. The molecule has 0 N–H and O–H groups in total. The van der Waals surface area contributed by atoms with Crippen LogP contribution in [-0.2, 0) is 9.53 Å². The van der Waals surface area contributed by atoms with E-state index in [-0.39, 0.29) is 6.10 Å². The molecule has 0 aromatic heterocycles. The molecule has 1 fully saturated rings. The Morgan fingerprint density at radius 3 is 2.91 bits per heavy atom. The first-order valence-corrected chi connectivity index (χ1v) is 4.05. The van der Waals surface area contributed by atoms with Gasteiger partial charge in [-0.05, 0) is 33.4 Å². The summed E-state index contributed by atoms with van der Waals surface area (Å²) in [6.45, 7) is 3.61. The van der Waals surface area contributed by atoms with E-state index in [1.165, 1.54) is 6.42 Å². The van der Waals surface area contributed by atoms with Crippen molar-refractivity contribution in [3.8, 4) is 0 Å². The van der Waals surface area contributed by atoms with E-state index in [4.69, 9.17) is 4.74 Å². The van der Waals surface area contributed by atoms with Crippen molar-refractivity contribution in [2.45, 2.75) is 31.9 Å². The Bertz CT molecular complexity index is 138. The lowest BCUT2D eigenvalue weighted by atomic mass is 10.1. The minimum Gasteiger partial charge on any atom is -0.463 e. The number of carbonyl (C=O) groups excluding carboxylic acids is 1. The Kier molecular flexibility index (Phi) is 2.88. The summed E-state index contributed by atoms with van der Waals surface area (Å²) in [6, 6.07) is 0.431. The fourth-order valence-electron chi connectivity index (χ4n) is 1.71. The highest BCUT2D eigenvalue weighted by Crippen LogP contribution is 2.19. The van der Waals surface area contributed by atoms with E-state index in [0.29, 0.717) is 12.5 Å². The van der Waals surface area contributed by atoms with Gasteiger partial charge < -0.3 is 4.74 Å². The summed E-state index contributed by atoms with van der Waals surface area (Å²) < 4.78 is 4.87. The summed E-state index contributed by atoms with van der Waals surface area (Å²) in [7, 11) is 2.07. The van der Waals surface area contributed by atoms with Crippen LogP contribution in [0.1, 0.15) is 19.8 Å². The minimum atomic E-state index is 0.0417. The Labute approximate surface area is 67.3 Å². The quantitative estimate of drug-likeness (QED) is 0.563. The van der Waals surface area contributed by atoms with Crippen LogP contribution in [0.4, 0.5) is 0 Å². The van der Waals surface area contributed by atoms with Crippen molar-refractivity contribution in [2.24, 2.45) is 0 Å². The first kappa shape index (κ1) is 8.53.